The molecule has 7 heteroatoms. The van der Waals surface area contributed by atoms with Crippen molar-refractivity contribution in [2.24, 2.45) is 0 Å². The molecule has 1 unspecified atom stereocenters. The number of Topliss-reactive ketones (excluding diaryl/α,β-unsaturated/α-hetero) is 1. The van der Waals surface area contributed by atoms with Crippen molar-refractivity contribution in [2.45, 2.75) is 33.2 Å². The second-order valence-electron chi connectivity index (χ2n) is 8.15. The number of hydrogen-bond donors (Lipinski definition) is 1. The zero-order valence-electron chi connectivity index (χ0n) is 19.6. The lowest BCUT2D eigenvalue weighted by Crippen LogP contribution is -2.29. The molecule has 0 bridgehead atoms. The van der Waals surface area contributed by atoms with Gasteiger partial charge in [0, 0.05) is 17.3 Å². The van der Waals surface area contributed by atoms with Gasteiger partial charge >= 0.3 is 0 Å². The fourth-order valence-electron chi connectivity index (χ4n) is 4.05. The Morgan fingerprint density at radius 2 is 1.88 bits per heavy atom. The van der Waals surface area contributed by atoms with Crippen LogP contribution in [0.5, 0.6) is 11.5 Å². The van der Waals surface area contributed by atoms with Gasteiger partial charge in [-0.1, -0.05) is 13.0 Å². The van der Waals surface area contributed by atoms with Crippen molar-refractivity contribution in [3.63, 3.8) is 0 Å². The Kier molecular flexibility index (Phi) is 6.45. The van der Waals surface area contributed by atoms with E-state index < -0.39 is 17.7 Å². The van der Waals surface area contributed by atoms with Crippen LogP contribution in [0.2, 0.25) is 0 Å². The molecule has 34 heavy (non-hydrogen) atoms. The molecule has 1 aromatic heterocycles. The van der Waals surface area contributed by atoms with Crippen LogP contribution >= 0.6 is 0 Å². The zero-order valence-corrected chi connectivity index (χ0v) is 19.6. The predicted octanol–water partition coefficient (Wildman–Crippen LogP) is 5.32. The minimum absolute atomic E-state index is 0.0382. The third-order valence-corrected chi connectivity index (χ3v) is 5.72. The summed E-state index contributed by atoms with van der Waals surface area (Å²) >= 11 is 0. The third kappa shape index (κ3) is 4.17. The smallest absolute Gasteiger partial charge is 0.300 e. The SMILES string of the molecule is CCCOc1ccc(/C(O)=C2/C(=O)C(=O)N(c3cccc(OC)c3)C2c2ccc(C)o2)cc1C. The molecule has 1 aliphatic heterocycles. The number of benzene rings is 2. The molecular weight excluding hydrogens is 434 g/mol. The Morgan fingerprint density at radius 3 is 2.53 bits per heavy atom. The highest BCUT2D eigenvalue weighted by molar-refractivity contribution is 6.51. The molecule has 3 aromatic rings. The molecule has 0 aliphatic carbocycles. The number of rotatable bonds is 7. The number of nitrogens with zero attached hydrogens (tertiary/aromatic N) is 1. The highest BCUT2D eigenvalue weighted by atomic mass is 16.5. The summed E-state index contributed by atoms with van der Waals surface area (Å²) in [6, 6.07) is 14.6. The van der Waals surface area contributed by atoms with E-state index in [1.54, 1.807) is 61.5 Å². The zero-order chi connectivity index (χ0) is 24.4. The molecular formula is C27H27NO6. The minimum Gasteiger partial charge on any atom is -0.507 e. The number of amides is 1. The van der Waals surface area contributed by atoms with E-state index in [0.717, 1.165) is 12.0 Å². The van der Waals surface area contributed by atoms with Gasteiger partial charge in [0.2, 0.25) is 0 Å². The van der Waals surface area contributed by atoms with Crippen LogP contribution in [0.3, 0.4) is 0 Å². The number of anilines is 1. The first-order valence-electron chi connectivity index (χ1n) is 11.1. The van der Waals surface area contributed by atoms with Gasteiger partial charge in [0.25, 0.3) is 11.7 Å². The second-order valence-corrected chi connectivity index (χ2v) is 8.15. The number of hydrogen-bond acceptors (Lipinski definition) is 6. The molecule has 2 heterocycles. The first-order chi connectivity index (χ1) is 16.3. The summed E-state index contributed by atoms with van der Waals surface area (Å²) in [4.78, 5) is 27.8. The number of ketones is 1. The van der Waals surface area contributed by atoms with E-state index >= 15 is 0 Å². The molecule has 4 rings (SSSR count). The summed E-state index contributed by atoms with van der Waals surface area (Å²) in [5, 5.41) is 11.3. The number of carbonyl (C=O) groups excluding carboxylic acids is 2. The van der Waals surface area contributed by atoms with E-state index in [0.29, 0.717) is 40.9 Å². The molecule has 1 aliphatic rings. The predicted molar refractivity (Wildman–Crippen MR) is 128 cm³/mol. The number of ether oxygens (including phenoxy) is 2. The van der Waals surface area contributed by atoms with Crippen LogP contribution < -0.4 is 14.4 Å². The summed E-state index contributed by atoms with van der Waals surface area (Å²) in [5.41, 5.74) is 1.64. The Morgan fingerprint density at radius 1 is 1.09 bits per heavy atom. The van der Waals surface area contributed by atoms with Gasteiger partial charge < -0.3 is 19.0 Å². The van der Waals surface area contributed by atoms with Gasteiger partial charge in [-0.25, -0.2) is 0 Å². The van der Waals surface area contributed by atoms with Crippen molar-refractivity contribution in [1.29, 1.82) is 0 Å². The maximum absolute atomic E-state index is 13.2. The van der Waals surface area contributed by atoms with E-state index in [9.17, 15) is 14.7 Å². The molecule has 0 saturated carbocycles. The Balaban J connectivity index is 1.86. The lowest BCUT2D eigenvalue weighted by atomic mass is 9.98. The number of aliphatic hydroxyl groups is 1. The van der Waals surface area contributed by atoms with Crippen LogP contribution in [0.25, 0.3) is 5.76 Å². The van der Waals surface area contributed by atoms with Gasteiger partial charge in [-0.05, 0) is 68.3 Å². The maximum atomic E-state index is 13.2. The second kappa shape index (κ2) is 9.47. The van der Waals surface area contributed by atoms with Gasteiger partial charge in [-0.15, -0.1) is 0 Å². The van der Waals surface area contributed by atoms with E-state index in [2.05, 4.69) is 0 Å². The number of aliphatic hydroxyl groups excluding tert-OH is 1. The topological polar surface area (TPSA) is 89.2 Å². The van der Waals surface area contributed by atoms with Crippen LogP contribution in [-0.2, 0) is 9.59 Å². The molecule has 1 N–H and O–H groups in total. The molecule has 0 radical (unpaired) electrons. The van der Waals surface area contributed by atoms with Crippen LogP contribution in [0.15, 0.2) is 64.6 Å². The van der Waals surface area contributed by atoms with Crippen molar-refractivity contribution < 1.29 is 28.6 Å². The van der Waals surface area contributed by atoms with Gasteiger partial charge in [0.15, 0.2) is 0 Å². The lowest BCUT2D eigenvalue weighted by molar-refractivity contribution is -0.132. The number of carbonyl (C=O) groups is 2. The van der Waals surface area contributed by atoms with Gasteiger partial charge in [0.05, 0.1) is 19.3 Å². The van der Waals surface area contributed by atoms with Crippen LogP contribution in [-0.4, -0.2) is 30.5 Å². The third-order valence-electron chi connectivity index (χ3n) is 5.72. The average molecular weight is 462 g/mol. The van der Waals surface area contributed by atoms with Gasteiger partial charge in [0.1, 0.15) is 34.8 Å². The van der Waals surface area contributed by atoms with E-state index in [4.69, 9.17) is 13.9 Å². The largest absolute Gasteiger partial charge is 0.507 e. The summed E-state index contributed by atoms with van der Waals surface area (Å²) in [6.45, 7) is 6.24. The summed E-state index contributed by atoms with van der Waals surface area (Å²) in [6.07, 6.45) is 0.872. The monoisotopic (exact) mass is 461 g/mol. The van der Waals surface area contributed by atoms with Crippen molar-refractivity contribution >= 4 is 23.1 Å². The van der Waals surface area contributed by atoms with Gasteiger partial charge in [-0.2, -0.15) is 0 Å². The molecule has 1 saturated heterocycles. The van der Waals surface area contributed by atoms with Crippen molar-refractivity contribution in [3.8, 4) is 11.5 Å². The average Bonchev–Trinajstić information content (AvgIpc) is 3.38. The molecule has 1 amide bonds. The molecule has 1 fully saturated rings. The first kappa shape index (κ1) is 23.2. The normalized spacial score (nSPS) is 17.3. The van der Waals surface area contributed by atoms with Crippen molar-refractivity contribution in [1.82, 2.24) is 0 Å². The number of methoxy groups -OCH3 is 1. The molecule has 0 spiro atoms. The van der Waals surface area contributed by atoms with Crippen LogP contribution in [0.1, 0.15) is 42.0 Å². The minimum atomic E-state index is -0.933. The van der Waals surface area contributed by atoms with E-state index in [-0.39, 0.29) is 11.3 Å². The Labute approximate surface area is 198 Å². The molecule has 1 atom stereocenters. The quantitative estimate of drug-likeness (QED) is 0.291. The fourth-order valence-corrected chi connectivity index (χ4v) is 4.05. The van der Waals surface area contributed by atoms with Gasteiger partial charge in [-0.3, -0.25) is 14.5 Å². The Bertz CT molecular complexity index is 1270. The van der Waals surface area contributed by atoms with Crippen LogP contribution in [0, 0.1) is 13.8 Å². The highest BCUT2D eigenvalue weighted by Crippen LogP contribution is 2.43. The summed E-state index contributed by atoms with van der Waals surface area (Å²) < 4.78 is 16.9. The van der Waals surface area contributed by atoms with E-state index in [1.807, 2.05) is 13.8 Å². The molecule has 2 aromatic carbocycles. The molecule has 176 valence electrons. The Hall–Kier alpha value is -4.00. The first-order valence-corrected chi connectivity index (χ1v) is 11.1. The number of aryl methyl sites for hydroxylation is 2. The maximum Gasteiger partial charge on any atom is 0.300 e. The van der Waals surface area contributed by atoms with Crippen molar-refractivity contribution in [2.75, 3.05) is 18.6 Å². The van der Waals surface area contributed by atoms with Crippen molar-refractivity contribution in [3.05, 3.63) is 82.8 Å². The molecule has 7 nitrogen and oxygen atoms in total. The summed E-state index contributed by atoms with van der Waals surface area (Å²) in [7, 11) is 1.52. The standard InChI is InChI=1S/C27H27NO6/c1-5-13-33-21-12-10-18(14-16(21)2)25(29)23-24(22-11-9-17(3)34-22)28(27(31)26(23)30)19-7-6-8-20(15-19)32-4/h6-12,14-15,24,29H,5,13H2,1-4H3/b25-23-. The van der Waals surface area contributed by atoms with E-state index in [1.165, 1.54) is 12.0 Å². The highest BCUT2D eigenvalue weighted by Gasteiger charge is 2.48. The number of furan rings is 1. The summed E-state index contributed by atoms with van der Waals surface area (Å²) in [5.74, 6) is 0.422. The fraction of sp³-hybridized carbons (Fsp3) is 0.259. The van der Waals surface area contributed by atoms with Crippen LogP contribution in [0.4, 0.5) is 5.69 Å². The lowest BCUT2D eigenvalue weighted by Gasteiger charge is -2.23.